The van der Waals surface area contributed by atoms with Crippen LogP contribution in [-0.4, -0.2) is 51.6 Å². The van der Waals surface area contributed by atoms with Crippen LogP contribution in [0.15, 0.2) is 17.0 Å². The number of carbonyl (C=O) groups is 1. The smallest absolute Gasteiger partial charge is 0.255 e. The van der Waals surface area contributed by atoms with Crippen molar-refractivity contribution < 1.29 is 17.9 Å². The van der Waals surface area contributed by atoms with Crippen molar-refractivity contribution in [3.8, 4) is 0 Å². The number of nitrogens with zero attached hydrogens (tertiary/aromatic N) is 1. The number of nitrogens with one attached hydrogen (secondary N) is 1. The summed E-state index contributed by atoms with van der Waals surface area (Å²) >= 11 is 12.3. The van der Waals surface area contributed by atoms with Crippen LogP contribution in [0.25, 0.3) is 0 Å². The maximum absolute atomic E-state index is 12.7. The molecular weight excluding hydrogens is 387 g/mol. The van der Waals surface area contributed by atoms with E-state index >= 15 is 0 Å². The van der Waals surface area contributed by atoms with Gasteiger partial charge in [0.15, 0.2) is 0 Å². The number of halogens is 2. The van der Waals surface area contributed by atoms with E-state index in [1.54, 1.807) is 4.90 Å². The van der Waals surface area contributed by atoms with Crippen molar-refractivity contribution >= 4 is 39.1 Å². The Balaban J connectivity index is 1.90. The van der Waals surface area contributed by atoms with Crippen LogP contribution in [0.1, 0.15) is 36.0 Å². The molecule has 25 heavy (non-hydrogen) atoms. The predicted molar refractivity (Wildman–Crippen MR) is 95.8 cm³/mol. The zero-order valence-corrected chi connectivity index (χ0v) is 16.0. The van der Waals surface area contributed by atoms with Crippen LogP contribution in [0.5, 0.6) is 0 Å². The van der Waals surface area contributed by atoms with E-state index in [2.05, 4.69) is 4.72 Å². The van der Waals surface area contributed by atoms with E-state index in [9.17, 15) is 13.2 Å². The van der Waals surface area contributed by atoms with Crippen LogP contribution >= 0.6 is 23.2 Å². The number of morpholine rings is 1. The van der Waals surface area contributed by atoms with Gasteiger partial charge < -0.3 is 9.64 Å². The average Bonchev–Trinajstić information content (AvgIpc) is 3.07. The third kappa shape index (κ3) is 4.28. The first kappa shape index (κ1) is 18.9. The molecule has 1 aliphatic heterocycles. The molecule has 138 valence electrons. The Hall–Kier alpha value is -0.860. The average molecular weight is 407 g/mol. The highest BCUT2D eigenvalue weighted by Gasteiger charge is 2.28. The lowest BCUT2D eigenvalue weighted by Gasteiger charge is -2.27. The summed E-state index contributed by atoms with van der Waals surface area (Å²) in [7, 11) is -3.81. The van der Waals surface area contributed by atoms with Crippen molar-refractivity contribution in [1.29, 1.82) is 0 Å². The van der Waals surface area contributed by atoms with Gasteiger partial charge in [-0.2, -0.15) is 0 Å². The van der Waals surface area contributed by atoms with Gasteiger partial charge in [-0.1, -0.05) is 36.0 Å². The number of benzene rings is 1. The van der Waals surface area contributed by atoms with E-state index < -0.39 is 10.0 Å². The Morgan fingerprint density at radius 2 is 1.76 bits per heavy atom. The second kappa shape index (κ2) is 7.80. The van der Waals surface area contributed by atoms with Crippen molar-refractivity contribution in [2.45, 2.75) is 36.6 Å². The number of ether oxygens (including phenoxy) is 1. The van der Waals surface area contributed by atoms with Gasteiger partial charge in [0.1, 0.15) is 4.90 Å². The summed E-state index contributed by atoms with van der Waals surface area (Å²) in [6.07, 6.45) is 3.62. The minimum atomic E-state index is -3.81. The standard InChI is InChI=1S/C16H20Cl2N2O4S/c17-13-10-14(18)15(25(22,23)19-11-3-1-2-4-11)9-12(13)16(21)20-5-7-24-8-6-20/h9-11,19H,1-8H2. The molecule has 0 radical (unpaired) electrons. The summed E-state index contributed by atoms with van der Waals surface area (Å²) in [5, 5.41) is 0.148. The summed E-state index contributed by atoms with van der Waals surface area (Å²) in [6.45, 7) is 1.79. The van der Waals surface area contributed by atoms with E-state index in [0.29, 0.717) is 26.3 Å². The number of amides is 1. The maximum atomic E-state index is 12.7. The number of hydrogen-bond donors (Lipinski definition) is 1. The summed E-state index contributed by atoms with van der Waals surface area (Å²) in [5.41, 5.74) is 0.139. The van der Waals surface area contributed by atoms with Crippen LogP contribution in [0.3, 0.4) is 0 Å². The zero-order chi connectivity index (χ0) is 18.0. The van der Waals surface area contributed by atoms with Gasteiger partial charge in [-0.25, -0.2) is 13.1 Å². The highest BCUT2D eigenvalue weighted by molar-refractivity contribution is 7.89. The summed E-state index contributed by atoms with van der Waals surface area (Å²) in [4.78, 5) is 14.2. The fraction of sp³-hybridized carbons (Fsp3) is 0.562. The fourth-order valence-corrected chi connectivity index (χ4v) is 5.32. The lowest BCUT2D eigenvalue weighted by molar-refractivity contribution is 0.0303. The van der Waals surface area contributed by atoms with Crippen molar-refractivity contribution in [3.63, 3.8) is 0 Å². The second-order valence-corrected chi connectivity index (χ2v) is 8.77. The van der Waals surface area contributed by atoms with Gasteiger partial charge in [-0.3, -0.25) is 4.79 Å². The largest absolute Gasteiger partial charge is 0.378 e. The molecule has 6 nitrogen and oxygen atoms in total. The van der Waals surface area contributed by atoms with E-state index in [1.165, 1.54) is 12.1 Å². The molecule has 0 atom stereocenters. The molecule has 1 aliphatic carbocycles. The van der Waals surface area contributed by atoms with Crippen LogP contribution in [-0.2, 0) is 14.8 Å². The highest BCUT2D eigenvalue weighted by atomic mass is 35.5. The minimum absolute atomic E-state index is 0.00836. The van der Waals surface area contributed by atoms with Crippen molar-refractivity contribution in [2.75, 3.05) is 26.3 Å². The first-order valence-corrected chi connectivity index (χ1v) is 10.5. The van der Waals surface area contributed by atoms with E-state index in [1.807, 2.05) is 0 Å². The van der Waals surface area contributed by atoms with Crippen LogP contribution in [0, 0.1) is 0 Å². The van der Waals surface area contributed by atoms with Crippen molar-refractivity contribution in [2.24, 2.45) is 0 Å². The first-order valence-electron chi connectivity index (χ1n) is 8.27. The number of hydrogen-bond acceptors (Lipinski definition) is 4. The van der Waals surface area contributed by atoms with Crippen molar-refractivity contribution in [1.82, 2.24) is 9.62 Å². The van der Waals surface area contributed by atoms with Gasteiger partial charge in [0.2, 0.25) is 10.0 Å². The Bertz CT molecular complexity index is 758. The van der Waals surface area contributed by atoms with E-state index in [4.69, 9.17) is 27.9 Å². The van der Waals surface area contributed by atoms with Crippen molar-refractivity contribution in [3.05, 3.63) is 27.7 Å². The molecule has 0 aromatic heterocycles. The molecule has 1 saturated carbocycles. The molecule has 2 aliphatic rings. The van der Waals surface area contributed by atoms with Crippen LogP contribution in [0.4, 0.5) is 0 Å². The molecule has 9 heteroatoms. The third-order valence-corrected chi connectivity index (χ3v) is 6.81. The molecule has 1 aromatic rings. The topological polar surface area (TPSA) is 75.7 Å². The minimum Gasteiger partial charge on any atom is -0.378 e. The zero-order valence-electron chi connectivity index (χ0n) is 13.6. The molecule has 0 spiro atoms. The number of sulfonamides is 1. The fourth-order valence-electron chi connectivity index (χ4n) is 3.16. The molecular formula is C16H20Cl2N2O4S. The number of carbonyl (C=O) groups excluding carboxylic acids is 1. The number of rotatable bonds is 4. The summed E-state index contributed by atoms with van der Waals surface area (Å²) in [5.74, 6) is -0.317. The van der Waals surface area contributed by atoms with Gasteiger partial charge in [0.05, 0.1) is 28.8 Å². The van der Waals surface area contributed by atoms with Crippen LogP contribution < -0.4 is 4.72 Å². The monoisotopic (exact) mass is 406 g/mol. The summed E-state index contributed by atoms with van der Waals surface area (Å²) < 4.78 is 33.3. The summed E-state index contributed by atoms with van der Waals surface area (Å²) in [6, 6.07) is 2.51. The molecule has 0 bridgehead atoms. The molecule has 1 heterocycles. The Kier molecular flexibility index (Phi) is 5.90. The third-order valence-electron chi connectivity index (χ3n) is 4.52. The van der Waals surface area contributed by atoms with Gasteiger partial charge in [0.25, 0.3) is 5.91 Å². The van der Waals surface area contributed by atoms with Gasteiger partial charge >= 0.3 is 0 Å². The van der Waals surface area contributed by atoms with E-state index in [0.717, 1.165) is 25.7 Å². The predicted octanol–water partition coefficient (Wildman–Crippen LogP) is 2.69. The lowest BCUT2D eigenvalue weighted by atomic mass is 10.2. The lowest BCUT2D eigenvalue weighted by Crippen LogP contribution is -2.41. The first-order chi connectivity index (χ1) is 11.9. The Labute approximate surface area is 157 Å². The van der Waals surface area contributed by atoms with Gasteiger partial charge in [-0.05, 0) is 25.0 Å². The molecule has 0 unspecified atom stereocenters. The molecule has 3 rings (SSSR count). The SMILES string of the molecule is O=C(c1cc(S(=O)(=O)NC2CCCC2)c(Cl)cc1Cl)N1CCOCC1. The maximum Gasteiger partial charge on any atom is 0.255 e. The molecule has 2 fully saturated rings. The molecule has 1 aromatic carbocycles. The van der Waals surface area contributed by atoms with Gasteiger partial charge in [0, 0.05) is 19.1 Å². The normalized spacial score (nSPS) is 19.4. The Morgan fingerprint density at radius 1 is 1.12 bits per heavy atom. The quantitative estimate of drug-likeness (QED) is 0.833. The van der Waals surface area contributed by atoms with E-state index in [-0.39, 0.29) is 32.5 Å². The molecule has 1 amide bonds. The second-order valence-electron chi connectivity index (χ2n) is 6.27. The van der Waals surface area contributed by atoms with Gasteiger partial charge in [-0.15, -0.1) is 0 Å². The Morgan fingerprint density at radius 3 is 2.40 bits per heavy atom. The molecule has 1 N–H and O–H groups in total. The molecule has 1 saturated heterocycles. The highest BCUT2D eigenvalue weighted by Crippen LogP contribution is 2.30. The van der Waals surface area contributed by atoms with Crippen LogP contribution in [0.2, 0.25) is 10.0 Å².